The number of halogens is 2. The van der Waals surface area contributed by atoms with E-state index < -0.39 is 5.82 Å². The van der Waals surface area contributed by atoms with Crippen molar-refractivity contribution in [3.63, 3.8) is 0 Å². The van der Waals surface area contributed by atoms with Crippen LogP contribution in [-0.4, -0.2) is 33.9 Å². The van der Waals surface area contributed by atoms with Gasteiger partial charge in [-0.2, -0.15) is 4.98 Å². The molecule has 8 nitrogen and oxygen atoms in total. The Hall–Kier alpha value is -2.79. The average molecular weight is 459 g/mol. The number of hydrogen-bond donors (Lipinski definition) is 2. The summed E-state index contributed by atoms with van der Waals surface area (Å²) in [6, 6.07) is 13.7. The third-order valence-corrected chi connectivity index (χ3v) is 6.16. The molecule has 0 aliphatic carbocycles. The minimum absolute atomic E-state index is 0.0253. The molecule has 3 aromatic rings. The van der Waals surface area contributed by atoms with E-state index in [2.05, 4.69) is 21.0 Å². The molecule has 2 unspecified atom stereocenters. The van der Waals surface area contributed by atoms with Gasteiger partial charge in [0.2, 0.25) is 17.6 Å². The SMILES string of the molecule is O=C1C2CNNC2N=C(SCc2nc(-c3ccc(Cl)c(F)c3)no2)N1c1ccccc1. The van der Waals surface area contributed by atoms with Gasteiger partial charge in [-0.15, -0.1) is 0 Å². The van der Waals surface area contributed by atoms with Crippen molar-refractivity contribution < 1.29 is 13.7 Å². The van der Waals surface area contributed by atoms with Crippen molar-refractivity contribution >= 4 is 40.1 Å². The maximum absolute atomic E-state index is 13.7. The van der Waals surface area contributed by atoms with Crippen molar-refractivity contribution in [1.82, 2.24) is 21.0 Å². The van der Waals surface area contributed by atoms with Crippen molar-refractivity contribution in [1.29, 1.82) is 0 Å². The number of hydrazine groups is 1. The topological polar surface area (TPSA) is 95.6 Å². The van der Waals surface area contributed by atoms with Gasteiger partial charge in [0.1, 0.15) is 12.0 Å². The fraction of sp³-hybridized carbons (Fsp3) is 0.200. The number of thioether (sulfide) groups is 1. The lowest BCUT2D eigenvalue weighted by Crippen LogP contribution is -2.49. The summed E-state index contributed by atoms with van der Waals surface area (Å²) in [6.07, 6.45) is -0.328. The van der Waals surface area contributed by atoms with E-state index in [0.717, 1.165) is 5.69 Å². The molecule has 2 atom stereocenters. The van der Waals surface area contributed by atoms with Gasteiger partial charge in [-0.05, 0) is 30.3 Å². The number of aromatic nitrogens is 2. The van der Waals surface area contributed by atoms with Crippen LogP contribution in [0.3, 0.4) is 0 Å². The third-order valence-electron chi connectivity index (χ3n) is 4.92. The molecule has 1 fully saturated rings. The zero-order chi connectivity index (χ0) is 21.4. The Morgan fingerprint density at radius 3 is 2.90 bits per heavy atom. The summed E-state index contributed by atoms with van der Waals surface area (Å²) in [5.74, 6) is 0.0188. The fourth-order valence-corrected chi connectivity index (χ4v) is 4.38. The molecular formula is C20H16ClFN6O2S. The van der Waals surface area contributed by atoms with Crippen LogP contribution in [0.25, 0.3) is 11.4 Å². The molecule has 2 aromatic carbocycles. The van der Waals surface area contributed by atoms with Crippen molar-refractivity contribution in [2.45, 2.75) is 11.9 Å². The molecule has 0 bridgehead atoms. The fourth-order valence-electron chi connectivity index (χ4n) is 3.38. The van der Waals surface area contributed by atoms with E-state index in [9.17, 15) is 9.18 Å². The molecule has 3 heterocycles. The molecule has 1 amide bonds. The van der Waals surface area contributed by atoms with E-state index in [1.54, 1.807) is 11.0 Å². The monoisotopic (exact) mass is 458 g/mol. The Labute approximate surface area is 185 Å². The molecule has 158 valence electrons. The van der Waals surface area contributed by atoms with Crippen molar-refractivity contribution in [3.05, 3.63) is 65.3 Å². The first-order chi connectivity index (χ1) is 15.1. The Morgan fingerprint density at radius 1 is 1.26 bits per heavy atom. The van der Waals surface area contributed by atoms with Crippen LogP contribution in [0.2, 0.25) is 5.02 Å². The number of anilines is 1. The Bertz CT molecular complexity index is 1160. The van der Waals surface area contributed by atoms with Gasteiger partial charge < -0.3 is 4.52 Å². The summed E-state index contributed by atoms with van der Waals surface area (Å²) in [4.78, 5) is 23.8. The predicted octanol–water partition coefficient (Wildman–Crippen LogP) is 3.22. The van der Waals surface area contributed by atoms with Gasteiger partial charge in [-0.25, -0.2) is 14.8 Å². The van der Waals surface area contributed by atoms with Crippen molar-refractivity contribution in [2.75, 3.05) is 11.4 Å². The zero-order valence-electron chi connectivity index (χ0n) is 16.0. The van der Waals surface area contributed by atoms with Crippen molar-refractivity contribution in [3.8, 4) is 11.4 Å². The van der Waals surface area contributed by atoms with Gasteiger partial charge in [0.25, 0.3) is 0 Å². The molecule has 2 aliphatic heterocycles. The van der Waals surface area contributed by atoms with Crippen LogP contribution in [0.15, 0.2) is 58.0 Å². The number of aliphatic imine (C=N–C) groups is 1. The van der Waals surface area contributed by atoms with E-state index in [1.165, 1.54) is 23.9 Å². The van der Waals surface area contributed by atoms with Gasteiger partial charge in [0.15, 0.2) is 5.17 Å². The second-order valence-corrected chi connectivity index (χ2v) is 8.28. The van der Waals surface area contributed by atoms with Gasteiger partial charge >= 0.3 is 0 Å². The highest BCUT2D eigenvalue weighted by Gasteiger charge is 2.42. The highest BCUT2D eigenvalue weighted by Crippen LogP contribution is 2.30. The number of benzene rings is 2. The van der Waals surface area contributed by atoms with Crippen LogP contribution in [0, 0.1) is 11.7 Å². The molecule has 11 heteroatoms. The number of para-hydroxylation sites is 1. The molecular weight excluding hydrogens is 443 g/mol. The van der Waals surface area contributed by atoms with E-state index in [1.807, 2.05) is 30.3 Å². The van der Waals surface area contributed by atoms with Gasteiger partial charge in [0, 0.05) is 12.1 Å². The molecule has 0 radical (unpaired) electrons. The Balaban J connectivity index is 1.37. The minimum atomic E-state index is -0.555. The number of nitrogens with zero attached hydrogens (tertiary/aromatic N) is 4. The highest BCUT2D eigenvalue weighted by molar-refractivity contribution is 8.13. The van der Waals surface area contributed by atoms with Gasteiger partial charge in [0.05, 0.1) is 22.4 Å². The molecule has 1 aromatic heterocycles. The first-order valence-electron chi connectivity index (χ1n) is 9.46. The number of hydrogen-bond acceptors (Lipinski definition) is 8. The van der Waals surface area contributed by atoms with E-state index in [-0.39, 0.29) is 28.8 Å². The van der Waals surface area contributed by atoms with Gasteiger partial charge in [-0.3, -0.25) is 15.1 Å². The van der Waals surface area contributed by atoms with Crippen LogP contribution >= 0.6 is 23.4 Å². The maximum atomic E-state index is 13.7. The second kappa shape index (κ2) is 8.39. The third kappa shape index (κ3) is 3.94. The summed E-state index contributed by atoms with van der Waals surface area (Å²) in [5.41, 5.74) is 7.23. The number of fused-ring (bicyclic) bond motifs is 1. The normalized spacial score (nSPS) is 20.6. The summed E-state index contributed by atoms with van der Waals surface area (Å²) in [5, 5.41) is 4.47. The van der Waals surface area contributed by atoms with Crippen LogP contribution in [0.1, 0.15) is 5.89 Å². The average Bonchev–Trinajstić information content (AvgIpc) is 3.45. The first-order valence-corrected chi connectivity index (χ1v) is 10.8. The summed E-state index contributed by atoms with van der Waals surface area (Å²) in [7, 11) is 0. The lowest BCUT2D eigenvalue weighted by atomic mass is 10.1. The first kappa shape index (κ1) is 20.1. The molecule has 2 N–H and O–H groups in total. The summed E-state index contributed by atoms with van der Waals surface area (Å²) in [6.45, 7) is 0.513. The number of rotatable bonds is 4. The zero-order valence-corrected chi connectivity index (χ0v) is 17.5. The van der Waals surface area contributed by atoms with E-state index >= 15 is 0 Å². The second-order valence-electron chi connectivity index (χ2n) is 6.93. The van der Waals surface area contributed by atoms with Crippen LogP contribution in [0.5, 0.6) is 0 Å². The quantitative estimate of drug-likeness (QED) is 0.619. The minimum Gasteiger partial charge on any atom is -0.338 e. The predicted molar refractivity (Wildman–Crippen MR) is 116 cm³/mol. The Morgan fingerprint density at radius 2 is 2.10 bits per heavy atom. The number of carbonyl (C=O) groups is 1. The number of amidine groups is 1. The molecule has 0 saturated carbocycles. The summed E-state index contributed by atoms with van der Waals surface area (Å²) < 4.78 is 19.0. The Kier molecular flexibility index (Phi) is 5.45. The standard InChI is InChI=1S/C20H16ClFN6O2S/c21-14-7-6-11(8-15(14)22)17-24-16(30-27-17)10-31-20-25-18-13(9-23-26-18)19(29)28(20)12-4-2-1-3-5-12/h1-8,13,18,23,26H,9-10H2. The molecule has 0 spiro atoms. The smallest absolute Gasteiger partial charge is 0.241 e. The van der Waals surface area contributed by atoms with Crippen molar-refractivity contribution in [2.24, 2.45) is 10.9 Å². The molecule has 1 saturated heterocycles. The lowest BCUT2D eigenvalue weighted by Gasteiger charge is -2.32. The maximum Gasteiger partial charge on any atom is 0.241 e. The van der Waals surface area contributed by atoms with E-state index in [4.69, 9.17) is 21.1 Å². The molecule has 31 heavy (non-hydrogen) atoms. The summed E-state index contributed by atoms with van der Waals surface area (Å²) >= 11 is 7.04. The van der Waals surface area contributed by atoms with Crippen LogP contribution in [-0.2, 0) is 10.5 Å². The van der Waals surface area contributed by atoms with Crippen LogP contribution < -0.4 is 15.8 Å². The van der Waals surface area contributed by atoms with E-state index in [0.29, 0.717) is 28.9 Å². The number of nitrogens with one attached hydrogen (secondary N) is 2. The lowest BCUT2D eigenvalue weighted by molar-refractivity contribution is -0.121. The van der Waals surface area contributed by atoms with Crippen LogP contribution in [0.4, 0.5) is 10.1 Å². The van der Waals surface area contributed by atoms with Gasteiger partial charge in [-0.1, -0.05) is 46.7 Å². The molecule has 2 aliphatic rings. The highest BCUT2D eigenvalue weighted by atomic mass is 35.5. The molecule has 5 rings (SSSR count). The number of carbonyl (C=O) groups excluding carboxylic acids is 1. The largest absolute Gasteiger partial charge is 0.338 e. The number of amides is 1.